The predicted molar refractivity (Wildman–Crippen MR) is 107 cm³/mol. The summed E-state index contributed by atoms with van der Waals surface area (Å²) in [5.41, 5.74) is 0.496. The Balaban J connectivity index is 1.92. The second-order valence-electron chi connectivity index (χ2n) is 5.87. The monoisotopic (exact) mass is 430 g/mol. The van der Waals surface area contributed by atoms with Crippen molar-refractivity contribution in [2.75, 3.05) is 11.9 Å². The zero-order chi connectivity index (χ0) is 20.0. The molecule has 9 heteroatoms. The van der Waals surface area contributed by atoms with Crippen molar-refractivity contribution in [3.63, 3.8) is 0 Å². The Morgan fingerprint density at radius 2 is 1.78 bits per heavy atom. The number of benzene rings is 2. The lowest BCUT2D eigenvalue weighted by Crippen LogP contribution is -2.31. The molecule has 146 valence electrons. The van der Waals surface area contributed by atoms with Gasteiger partial charge in [0.05, 0.1) is 14.9 Å². The number of carbonyl (C=O) groups is 1. The third-order valence-corrected chi connectivity index (χ3v) is 6.02. The van der Waals surface area contributed by atoms with Crippen LogP contribution in [-0.4, -0.2) is 27.0 Å². The molecule has 0 bridgehead atoms. The first-order chi connectivity index (χ1) is 12.7. The van der Waals surface area contributed by atoms with E-state index >= 15 is 0 Å². The average molecular weight is 431 g/mol. The van der Waals surface area contributed by atoms with Crippen molar-refractivity contribution in [2.45, 2.75) is 31.2 Å². The maximum atomic E-state index is 12.2. The number of sulfonamides is 1. The van der Waals surface area contributed by atoms with Crippen LogP contribution < -0.4 is 14.8 Å². The van der Waals surface area contributed by atoms with Gasteiger partial charge in [-0.1, -0.05) is 30.1 Å². The van der Waals surface area contributed by atoms with E-state index < -0.39 is 10.0 Å². The Bertz CT molecular complexity index is 902. The van der Waals surface area contributed by atoms with Crippen LogP contribution in [0.2, 0.25) is 10.0 Å². The van der Waals surface area contributed by atoms with Gasteiger partial charge in [-0.15, -0.1) is 0 Å². The highest BCUT2D eigenvalue weighted by atomic mass is 35.5. The minimum Gasteiger partial charge on any atom is -0.484 e. The quantitative estimate of drug-likeness (QED) is 0.660. The third-order valence-electron chi connectivity index (χ3n) is 3.68. The number of carbonyl (C=O) groups excluding carboxylic acids is 1. The number of rotatable bonds is 8. The molecule has 1 amide bonds. The summed E-state index contributed by atoms with van der Waals surface area (Å²) in [6.45, 7) is 3.45. The second-order valence-corrected chi connectivity index (χ2v) is 8.40. The van der Waals surface area contributed by atoms with Crippen molar-refractivity contribution in [1.29, 1.82) is 0 Å². The summed E-state index contributed by atoms with van der Waals surface area (Å²) >= 11 is 11.7. The molecular weight excluding hydrogens is 411 g/mol. The third kappa shape index (κ3) is 6.39. The van der Waals surface area contributed by atoms with Crippen LogP contribution in [-0.2, 0) is 14.8 Å². The largest absolute Gasteiger partial charge is 0.484 e. The number of nitrogens with one attached hydrogen (secondary N) is 2. The first-order valence-corrected chi connectivity index (χ1v) is 10.4. The topological polar surface area (TPSA) is 84.5 Å². The minimum absolute atomic E-state index is 0.135. The van der Waals surface area contributed by atoms with Gasteiger partial charge in [-0.05, 0) is 55.8 Å². The van der Waals surface area contributed by atoms with Gasteiger partial charge >= 0.3 is 0 Å². The van der Waals surface area contributed by atoms with E-state index in [0.717, 1.165) is 0 Å². The normalized spacial score (nSPS) is 12.4. The molecule has 0 heterocycles. The molecule has 0 saturated carbocycles. The van der Waals surface area contributed by atoms with E-state index in [1.807, 2.05) is 6.92 Å². The molecule has 0 aliphatic carbocycles. The summed E-state index contributed by atoms with van der Waals surface area (Å²) in [7, 11) is -3.58. The van der Waals surface area contributed by atoms with Crippen LogP contribution in [0.5, 0.6) is 5.75 Å². The summed E-state index contributed by atoms with van der Waals surface area (Å²) in [5.74, 6) is -0.00898. The van der Waals surface area contributed by atoms with E-state index in [9.17, 15) is 13.2 Å². The lowest BCUT2D eigenvalue weighted by molar-refractivity contribution is -0.118. The molecule has 6 nitrogen and oxygen atoms in total. The summed E-state index contributed by atoms with van der Waals surface area (Å²) in [6, 6.07) is 10.4. The van der Waals surface area contributed by atoms with Crippen molar-refractivity contribution in [3.05, 3.63) is 52.5 Å². The fourth-order valence-corrected chi connectivity index (χ4v) is 3.68. The van der Waals surface area contributed by atoms with Gasteiger partial charge in [0.15, 0.2) is 6.61 Å². The summed E-state index contributed by atoms with van der Waals surface area (Å²) in [6.07, 6.45) is 0.689. The van der Waals surface area contributed by atoms with Crippen LogP contribution in [0.4, 0.5) is 5.69 Å². The molecule has 0 aliphatic rings. The predicted octanol–water partition coefficient (Wildman–Crippen LogP) is 4.09. The van der Waals surface area contributed by atoms with E-state index in [-0.39, 0.29) is 23.5 Å². The van der Waals surface area contributed by atoms with Crippen LogP contribution in [0.1, 0.15) is 20.3 Å². The number of hydrogen-bond acceptors (Lipinski definition) is 4. The molecule has 27 heavy (non-hydrogen) atoms. The Morgan fingerprint density at radius 3 is 2.37 bits per heavy atom. The van der Waals surface area contributed by atoms with Gasteiger partial charge in [-0.25, -0.2) is 13.1 Å². The van der Waals surface area contributed by atoms with E-state index in [4.69, 9.17) is 27.9 Å². The first kappa shape index (κ1) is 21.5. The molecule has 0 fully saturated rings. The molecule has 1 atom stereocenters. The van der Waals surface area contributed by atoms with Crippen molar-refractivity contribution >= 4 is 44.8 Å². The highest BCUT2D eigenvalue weighted by Crippen LogP contribution is 2.25. The molecular formula is C18H20Cl2N2O4S. The van der Waals surface area contributed by atoms with Crippen molar-refractivity contribution < 1.29 is 17.9 Å². The standard InChI is InChI=1S/C18H20Cl2N2O4S/c1-3-12(2)22-27(24,25)15-7-5-14(6-8-15)26-11-18(23)21-13-4-9-16(19)17(20)10-13/h4-10,12,22H,3,11H2,1-2H3,(H,21,23)/t12-/m1/s1. The maximum Gasteiger partial charge on any atom is 0.262 e. The van der Waals surface area contributed by atoms with E-state index in [0.29, 0.717) is 27.9 Å². The summed E-state index contributed by atoms with van der Waals surface area (Å²) in [5, 5.41) is 3.36. The van der Waals surface area contributed by atoms with Gasteiger partial charge in [0.2, 0.25) is 10.0 Å². The Hall–Kier alpha value is -1.80. The number of hydrogen-bond donors (Lipinski definition) is 2. The number of amides is 1. The van der Waals surface area contributed by atoms with Crippen LogP contribution >= 0.6 is 23.2 Å². The molecule has 0 aromatic heterocycles. The fourth-order valence-electron chi connectivity index (χ4n) is 2.05. The van der Waals surface area contributed by atoms with E-state index in [1.165, 1.54) is 30.3 Å². The number of halogens is 2. The van der Waals surface area contributed by atoms with Gasteiger partial charge in [-0.3, -0.25) is 4.79 Å². The molecule has 0 saturated heterocycles. The average Bonchev–Trinajstić information content (AvgIpc) is 2.63. The number of anilines is 1. The van der Waals surface area contributed by atoms with Gasteiger partial charge < -0.3 is 10.1 Å². The fraction of sp³-hybridized carbons (Fsp3) is 0.278. The molecule has 0 aliphatic heterocycles. The van der Waals surface area contributed by atoms with Crippen LogP contribution in [0, 0.1) is 0 Å². The van der Waals surface area contributed by atoms with Gasteiger partial charge in [0, 0.05) is 11.7 Å². The van der Waals surface area contributed by atoms with E-state index in [2.05, 4.69) is 10.0 Å². The van der Waals surface area contributed by atoms with Gasteiger partial charge in [0.1, 0.15) is 5.75 Å². The highest BCUT2D eigenvalue weighted by molar-refractivity contribution is 7.89. The summed E-state index contributed by atoms with van der Waals surface area (Å²) < 4.78 is 32.3. The zero-order valence-corrected chi connectivity index (χ0v) is 17.2. The Labute approximate surface area is 168 Å². The van der Waals surface area contributed by atoms with Crippen LogP contribution in [0.15, 0.2) is 47.4 Å². The smallest absolute Gasteiger partial charge is 0.262 e. The van der Waals surface area contributed by atoms with Crippen molar-refractivity contribution in [3.8, 4) is 5.75 Å². The van der Waals surface area contributed by atoms with Crippen molar-refractivity contribution in [1.82, 2.24) is 4.72 Å². The van der Waals surface area contributed by atoms with Gasteiger partial charge in [-0.2, -0.15) is 0 Å². The molecule has 2 N–H and O–H groups in total. The molecule has 2 rings (SSSR count). The maximum absolute atomic E-state index is 12.2. The number of ether oxygens (including phenoxy) is 1. The second kappa shape index (κ2) is 9.41. The van der Waals surface area contributed by atoms with Crippen molar-refractivity contribution in [2.24, 2.45) is 0 Å². The summed E-state index contributed by atoms with van der Waals surface area (Å²) in [4.78, 5) is 12.1. The van der Waals surface area contributed by atoms with E-state index in [1.54, 1.807) is 19.1 Å². The highest BCUT2D eigenvalue weighted by Gasteiger charge is 2.16. The zero-order valence-electron chi connectivity index (χ0n) is 14.8. The Kier molecular flexibility index (Phi) is 7.49. The molecule has 0 radical (unpaired) electrons. The first-order valence-electron chi connectivity index (χ1n) is 8.21. The molecule has 0 unspecified atom stereocenters. The molecule has 2 aromatic carbocycles. The van der Waals surface area contributed by atoms with Gasteiger partial charge in [0.25, 0.3) is 5.91 Å². The molecule has 2 aromatic rings. The minimum atomic E-state index is -3.58. The lowest BCUT2D eigenvalue weighted by atomic mass is 10.3. The SMILES string of the molecule is CC[C@@H](C)NS(=O)(=O)c1ccc(OCC(=O)Nc2ccc(Cl)c(Cl)c2)cc1. The Morgan fingerprint density at radius 1 is 1.11 bits per heavy atom. The molecule has 0 spiro atoms. The lowest BCUT2D eigenvalue weighted by Gasteiger charge is -2.12. The van der Waals surface area contributed by atoms with Crippen LogP contribution in [0.25, 0.3) is 0 Å². The van der Waals surface area contributed by atoms with Crippen LogP contribution in [0.3, 0.4) is 0 Å².